The zero-order valence-electron chi connectivity index (χ0n) is 15.6. The number of aliphatic hydroxyl groups is 1. The summed E-state index contributed by atoms with van der Waals surface area (Å²) < 4.78 is 7.18. The summed E-state index contributed by atoms with van der Waals surface area (Å²) in [5.41, 5.74) is 1.65. The number of rotatable bonds is 4. The summed E-state index contributed by atoms with van der Waals surface area (Å²) in [6, 6.07) is 2.45. The van der Waals surface area contributed by atoms with Gasteiger partial charge in [-0.05, 0) is 69.8 Å². The molecular weight excluding hydrogens is 330 g/mol. The first-order valence-corrected chi connectivity index (χ1v) is 10.3. The van der Waals surface area contributed by atoms with Gasteiger partial charge in [-0.25, -0.2) is 4.68 Å². The minimum Gasteiger partial charge on any atom is -0.386 e. The molecule has 144 valence electrons. The van der Waals surface area contributed by atoms with Gasteiger partial charge < -0.3 is 15.2 Å². The lowest BCUT2D eigenvalue weighted by Gasteiger charge is -2.35. The standard InChI is InChI=1S/C20H31N3O3/c24-19-12-15-4-1-2-5-18(15)22-23(19)17-8-6-16(7-9-17)21-13-20(25)10-3-11-26-14-20/h12,16-17,21,25H,1-11,13-14H2. The van der Waals surface area contributed by atoms with Crippen molar-refractivity contribution in [1.29, 1.82) is 0 Å². The Morgan fingerprint density at radius 2 is 2.04 bits per heavy atom. The summed E-state index contributed by atoms with van der Waals surface area (Å²) >= 11 is 0. The second kappa shape index (κ2) is 7.79. The van der Waals surface area contributed by atoms with E-state index in [1.807, 2.05) is 6.07 Å². The number of aryl methyl sites for hydroxylation is 2. The average Bonchev–Trinajstić information content (AvgIpc) is 2.67. The lowest BCUT2D eigenvalue weighted by molar-refractivity contribution is -0.0848. The molecule has 1 aromatic rings. The number of nitrogens with zero attached hydrogens (tertiary/aromatic N) is 2. The largest absolute Gasteiger partial charge is 0.386 e. The van der Waals surface area contributed by atoms with Crippen molar-refractivity contribution in [2.24, 2.45) is 0 Å². The Morgan fingerprint density at radius 3 is 2.81 bits per heavy atom. The van der Waals surface area contributed by atoms with Crippen molar-refractivity contribution < 1.29 is 9.84 Å². The Kier molecular flexibility index (Phi) is 5.43. The maximum Gasteiger partial charge on any atom is 0.267 e. The van der Waals surface area contributed by atoms with Crippen molar-refractivity contribution in [3.8, 4) is 0 Å². The molecule has 1 unspecified atom stereocenters. The molecule has 1 atom stereocenters. The Morgan fingerprint density at radius 1 is 1.23 bits per heavy atom. The van der Waals surface area contributed by atoms with Crippen LogP contribution in [0.2, 0.25) is 0 Å². The van der Waals surface area contributed by atoms with Gasteiger partial charge in [-0.2, -0.15) is 5.10 Å². The van der Waals surface area contributed by atoms with Crippen LogP contribution in [0, 0.1) is 0 Å². The van der Waals surface area contributed by atoms with Crippen LogP contribution in [0.4, 0.5) is 0 Å². The maximum atomic E-state index is 12.5. The molecule has 2 fully saturated rings. The Balaban J connectivity index is 1.33. The highest BCUT2D eigenvalue weighted by atomic mass is 16.5. The smallest absolute Gasteiger partial charge is 0.267 e. The van der Waals surface area contributed by atoms with Crippen LogP contribution in [-0.4, -0.2) is 46.3 Å². The van der Waals surface area contributed by atoms with Crippen molar-refractivity contribution in [2.75, 3.05) is 19.8 Å². The number of aromatic nitrogens is 2. The predicted molar refractivity (Wildman–Crippen MR) is 99.4 cm³/mol. The number of fused-ring (bicyclic) bond motifs is 1. The Labute approximate surface area is 154 Å². The summed E-state index contributed by atoms with van der Waals surface area (Å²) in [7, 11) is 0. The van der Waals surface area contributed by atoms with E-state index in [9.17, 15) is 9.90 Å². The molecule has 6 heteroatoms. The van der Waals surface area contributed by atoms with Gasteiger partial charge >= 0.3 is 0 Å². The molecule has 1 saturated heterocycles. The van der Waals surface area contributed by atoms with E-state index in [0.29, 0.717) is 19.2 Å². The van der Waals surface area contributed by atoms with Crippen molar-refractivity contribution in [3.63, 3.8) is 0 Å². The van der Waals surface area contributed by atoms with Crippen LogP contribution in [-0.2, 0) is 17.6 Å². The highest BCUT2D eigenvalue weighted by Gasteiger charge is 2.32. The molecule has 6 nitrogen and oxygen atoms in total. The molecule has 2 heterocycles. The predicted octanol–water partition coefficient (Wildman–Crippen LogP) is 1.74. The first kappa shape index (κ1) is 18.1. The topological polar surface area (TPSA) is 76.4 Å². The summed E-state index contributed by atoms with van der Waals surface area (Å²) in [4.78, 5) is 12.5. The first-order chi connectivity index (χ1) is 12.6. The van der Waals surface area contributed by atoms with E-state index in [0.717, 1.165) is 69.2 Å². The van der Waals surface area contributed by atoms with Gasteiger partial charge in [0.2, 0.25) is 0 Å². The van der Waals surface area contributed by atoms with Crippen LogP contribution in [0.1, 0.15) is 68.7 Å². The second-order valence-corrected chi connectivity index (χ2v) is 8.37. The van der Waals surface area contributed by atoms with Gasteiger partial charge in [0.05, 0.1) is 18.3 Å². The van der Waals surface area contributed by atoms with Crippen molar-refractivity contribution in [2.45, 2.75) is 81.9 Å². The first-order valence-electron chi connectivity index (χ1n) is 10.3. The minimum absolute atomic E-state index is 0.0655. The monoisotopic (exact) mass is 361 g/mol. The van der Waals surface area contributed by atoms with Gasteiger partial charge in [0.1, 0.15) is 5.60 Å². The third kappa shape index (κ3) is 4.02. The second-order valence-electron chi connectivity index (χ2n) is 8.37. The maximum absolute atomic E-state index is 12.5. The van der Waals surface area contributed by atoms with Gasteiger partial charge in [-0.3, -0.25) is 4.79 Å². The fraction of sp³-hybridized carbons (Fsp3) is 0.800. The molecule has 2 aliphatic carbocycles. The molecule has 4 rings (SSSR count). The Hall–Kier alpha value is -1.24. The summed E-state index contributed by atoms with van der Waals surface area (Å²) in [6.07, 6.45) is 10.1. The molecule has 26 heavy (non-hydrogen) atoms. The van der Waals surface area contributed by atoms with Gasteiger partial charge in [0.15, 0.2) is 0 Å². The summed E-state index contributed by atoms with van der Waals surface area (Å²) in [5.74, 6) is 0. The van der Waals surface area contributed by atoms with Crippen LogP contribution in [0.5, 0.6) is 0 Å². The SMILES string of the molecule is O=c1cc2c(nn1C1CCC(NCC3(O)CCCOC3)CC1)CCCC2. The van der Waals surface area contributed by atoms with Gasteiger partial charge in [0.25, 0.3) is 5.56 Å². The van der Waals surface area contributed by atoms with Crippen LogP contribution in [0.3, 0.4) is 0 Å². The summed E-state index contributed by atoms with van der Waals surface area (Å²) in [5, 5.41) is 18.8. The number of nitrogens with one attached hydrogen (secondary N) is 1. The van der Waals surface area contributed by atoms with E-state index in [1.165, 1.54) is 12.8 Å². The lowest BCUT2D eigenvalue weighted by Crippen LogP contribution is -2.50. The fourth-order valence-corrected chi connectivity index (χ4v) is 4.67. The van der Waals surface area contributed by atoms with Gasteiger partial charge in [0, 0.05) is 25.3 Å². The molecule has 1 saturated carbocycles. The number of hydrogen-bond donors (Lipinski definition) is 2. The number of hydrogen-bond acceptors (Lipinski definition) is 5. The molecular formula is C20H31N3O3. The quantitative estimate of drug-likeness (QED) is 0.854. The molecule has 0 amide bonds. The van der Waals surface area contributed by atoms with Crippen molar-refractivity contribution >= 4 is 0 Å². The molecule has 0 aromatic carbocycles. The van der Waals surface area contributed by atoms with E-state index in [1.54, 1.807) is 4.68 Å². The van der Waals surface area contributed by atoms with Gasteiger partial charge in [-0.15, -0.1) is 0 Å². The zero-order valence-corrected chi connectivity index (χ0v) is 15.6. The third-order valence-corrected chi connectivity index (χ3v) is 6.30. The van der Waals surface area contributed by atoms with Crippen LogP contribution < -0.4 is 10.9 Å². The van der Waals surface area contributed by atoms with Crippen molar-refractivity contribution in [3.05, 3.63) is 27.7 Å². The van der Waals surface area contributed by atoms with Crippen LogP contribution in [0.25, 0.3) is 0 Å². The molecule has 2 N–H and O–H groups in total. The van der Waals surface area contributed by atoms with E-state index >= 15 is 0 Å². The lowest BCUT2D eigenvalue weighted by atomic mass is 9.89. The van der Waals surface area contributed by atoms with Crippen LogP contribution >= 0.6 is 0 Å². The molecule has 3 aliphatic rings. The van der Waals surface area contributed by atoms with Crippen molar-refractivity contribution in [1.82, 2.24) is 15.1 Å². The molecule has 0 spiro atoms. The highest BCUT2D eigenvalue weighted by Crippen LogP contribution is 2.28. The van der Waals surface area contributed by atoms with Gasteiger partial charge in [-0.1, -0.05) is 0 Å². The number of ether oxygens (including phenoxy) is 1. The minimum atomic E-state index is -0.716. The van der Waals surface area contributed by atoms with E-state index < -0.39 is 5.60 Å². The van der Waals surface area contributed by atoms with E-state index in [2.05, 4.69) is 5.32 Å². The molecule has 1 aromatic heterocycles. The fourth-order valence-electron chi connectivity index (χ4n) is 4.67. The Bertz CT molecular complexity index is 673. The highest BCUT2D eigenvalue weighted by molar-refractivity contribution is 5.20. The zero-order chi connectivity index (χ0) is 18.0. The molecule has 1 aliphatic heterocycles. The normalized spacial score (nSPS) is 32.2. The average molecular weight is 361 g/mol. The summed E-state index contributed by atoms with van der Waals surface area (Å²) in [6.45, 7) is 1.79. The van der Waals surface area contributed by atoms with E-state index in [-0.39, 0.29) is 11.6 Å². The van der Waals surface area contributed by atoms with E-state index in [4.69, 9.17) is 9.84 Å². The molecule has 0 radical (unpaired) electrons. The third-order valence-electron chi connectivity index (χ3n) is 6.30. The van der Waals surface area contributed by atoms with Crippen LogP contribution in [0.15, 0.2) is 10.9 Å². The molecule has 0 bridgehead atoms.